The standard InChI is InChI=1S/C16H29N5/c1-14(2)15-12-16(19-13-18-15)21-10-8-20(9-11-21)7-5-3-4-6-17/h12-14H,3-11,17H2,1-2H3. The Morgan fingerprint density at radius 3 is 2.52 bits per heavy atom. The summed E-state index contributed by atoms with van der Waals surface area (Å²) in [5.74, 6) is 1.53. The van der Waals surface area contributed by atoms with Crippen molar-refractivity contribution < 1.29 is 0 Å². The van der Waals surface area contributed by atoms with Crippen LogP contribution in [0.3, 0.4) is 0 Å². The molecule has 1 aromatic heterocycles. The van der Waals surface area contributed by atoms with E-state index in [4.69, 9.17) is 5.73 Å². The van der Waals surface area contributed by atoms with Crippen molar-refractivity contribution in [1.29, 1.82) is 0 Å². The summed E-state index contributed by atoms with van der Waals surface area (Å²) >= 11 is 0. The van der Waals surface area contributed by atoms with E-state index in [0.717, 1.165) is 50.7 Å². The van der Waals surface area contributed by atoms with Crippen molar-refractivity contribution in [3.63, 3.8) is 0 Å². The first-order chi connectivity index (χ1) is 10.2. The van der Waals surface area contributed by atoms with Crippen LogP contribution in [0.4, 0.5) is 5.82 Å². The minimum absolute atomic E-state index is 0.454. The number of rotatable bonds is 7. The summed E-state index contributed by atoms with van der Waals surface area (Å²) < 4.78 is 0. The molecule has 118 valence electrons. The summed E-state index contributed by atoms with van der Waals surface area (Å²) in [4.78, 5) is 13.7. The molecule has 1 aliphatic heterocycles. The maximum atomic E-state index is 5.53. The van der Waals surface area contributed by atoms with Crippen LogP contribution in [-0.4, -0.2) is 54.1 Å². The Bertz CT molecular complexity index is 413. The summed E-state index contributed by atoms with van der Waals surface area (Å²) in [6, 6.07) is 2.14. The van der Waals surface area contributed by atoms with Crippen molar-refractivity contribution in [2.24, 2.45) is 5.73 Å². The predicted octanol–water partition coefficient (Wildman–Crippen LogP) is 1.85. The van der Waals surface area contributed by atoms with E-state index in [9.17, 15) is 0 Å². The molecule has 0 spiro atoms. The van der Waals surface area contributed by atoms with E-state index >= 15 is 0 Å². The molecule has 0 bridgehead atoms. The number of piperazine rings is 1. The molecule has 2 heterocycles. The molecule has 0 radical (unpaired) electrons. The number of hydrogen-bond donors (Lipinski definition) is 1. The van der Waals surface area contributed by atoms with Crippen molar-refractivity contribution >= 4 is 5.82 Å². The molecule has 2 N–H and O–H groups in total. The Morgan fingerprint density at radius 1 is 1.10 bits per heavy atom. The van der Waals surface area contributed by atoms with Crippen molar-refractivity contribution in [2.75, 3.05) is 44.2 Å². The molecule has 0 amide bonds. The highest BCUT2D eigenvalue weighted by molar-refractivity contribution is 5.40. The molecule has 5 nitrogen and oxygen atoms in total. The monoisotopic (exact) mass is 291 g/mol. The van der Waals surface area contributed by atoms with Gasteiger partial charge in [-0.1, -0.05) is 20.3 Å². The van der Waals surface area contributed by atoms with Crippen molar-refractivity contribution in [3.05, 3.63) is 18.1 Å². The highest BCUT2D eigenvalue weighted by Gasteiger charge is 2.18. The number of unbranched alkanes of at least 4 members (excludes halogenated alkanes) is 2. The highest BCUT2D eigenvalue weighted by atomic mass is 15.3. The van der Waals surface area contributed by atoms with Crippen LogP contribution in [0.2, 0.25) is 0 Å². The highest BCUT2D eigenvalue weighted by Crippen LogP contribution is 2.18. The Kier molecular flexibility index (Phi) is 6.39. The Labute approximate surface area is 128 Å². The van der Waals surface area contributed by atoms with E-state index < -0.39 is 0 Å². The number of nitrogens with zero attached hydrogens (tertiary/aromatic N) is 4. The summed E-state index contributed by atoms with van der Waals surface area (Å²) in [6.45, 7) is 10.7. The van der Waals surface area contributed by atoms with E-state index in [2.05, 4.69) is 39.7 Å². The Morgan fingerprint density at radius 2 is 1.86 bits per heavy atom. The molecule has 2 rings (SSSR count). The topological polar surface area (TPSA) is 58.3 Å². The smallest absolute Gasteiger partial charge is 0.132 e. The summed E-state index contributed by atoms with van der Waals surface area (Å²) in [5.41, 5.74) is 6.66. The molecule has 0 aliphatic carbocycles. The third-order valence-electron chi connectivity index (χ3n) is 4.14. The van der Waals surface area contributed by atoms with E-state index in [1.807, 2.05) is 0 Å². The molecule has 0 saturated carbocycles. The van der Waals surface area contributed by atoms with Crippen LogP contribution in [0.25, 0.3) is 0 Å². The van der Waals surface area contributed by atoms with Crippen molar-refractivity contribution in [3.8, 4) is 0 Å². The molecule has 0 atom stereocenters. The fraction of sp³-hybridized carbons (Fsp3) is 0.750. The summed E-state index contributed by atoms with van der Waals surface area (Å²) in [5, 5.41) is 0. The van der Waals surface area contributed by atoms with E-state index in [0.29, 0.717) is 5.92 Å². The first kappa shape index (κ1) is 16.2. The molecule has 0 aromatic carbocycles. The van der Waals surface area contributed by atoms with Gasteiger partial charge in [0.1, 0.15) is 12.1 Å². The molecule has 21 heavy (non-hydrogen) atoms. The normalized spacial score (nSPS) is 16.7. The van der Waals surface area contributed by atoms with Crippen LogP contribution in [0.5, 0.6) is 0 Å². The maximum absolute atomic E-state index is 5.53. The van der Waals surface area contributed by atoms with Gasteiger partial charge in [0.25, 0.3) is 0 Å². The van der Waals surface area contributed by atoms with Crippen LogP contribution in [0.1, 0.15) is 44.7 Å². The number of aromatic nitrogens is 2. The van der Waals surface area contributed by atoms with E-state index in [1.54, 1.807) is 6.33 Å². The molecular formula is C16H29N5. The first-order valence-electron chi connectivity index (χ1n) is 8.20. The lowest BCUT2D eigenvalue weighted by molar-refractivity contribution is 0.252. The zero-order chi connectivity index (χ0) is 15.1. The molecule has 1 aliphatic rings. The van der Waals surface area contributed by atoms with Gasteiger partial charge in [-0.15, -0.1) is 0 Å². The van der Waals surface area contributed by atoms with Crippen LogP contribution in [-0.2, 0) is 0 Å². The second kappa shape index (κ2) is 8.29. The molecule has 1 saturated heterocycles. The van der Waals surface area contributed by atoms with Gasteiger partial charge in [-0.2, -0.15) is 0 Å². The molecule has 5 heteroatoms. The lowest BCUT2D eigenvalue weighted by Gasteiger charge is -2.35. The van der Waals surface area contributed by atoms with Gasteiger partial charge in [0.2, 0.25) is 0 Å². The van der Waals surface area contributed by atoms with Crippen molar-refractivity contribution in [2.45, 2.75) is 39.0 Å². The van der Waals surface area contributed by atoms with E-state index in [-0.39, 0.29) is 0 Å². The van der Waals surface area contributed by atoms with Crippen LogP contribution in [0.15, 0.2) is 12.4 Å². The minimum atomic E-state index is 0.454. The predicted molar refractivity (Wildman–Crippen MR) is 87.7 cm³/mol. The Balaban J connectivity index is 1.79. The maximum Gasteiger partial charge on any atom is 0.132 e. The number of nitrogens with two attached hydrogens (primary N) is 1. The minimum Gasteiger partial charge on any atom is -0.354 e. The van der Waals surface area contributed by atoms with Gasteiger partial charge in [0.05, 0.1) is 0 Å². The van der Waals surface area contributed by atoms with Crippen molar-refractivity contribution in [1.82, 2.24) is 14.9 Å². The van der Waals surface area contributed by atoms with Gasteiger partial charge < -0.3 is 10.6 Å². The van der Waals surface area contributed by atoms with Crippen LogP contribution in [0, 0.1) is 0 Å². The Hall–Kier alpha value is -1.20. The third kappa shape index (κ3) is 4.93. The van der Waals surface area contributed by atoms with Gasteiger partial charge >= 0.3 is 0 Å². The fourth-order valence-electron chi connectivity index (χ4n) is 2.71. The van der Waals surface area contributed by atoms with Gasteiger partial charge in [0, 0.05) is 37.9 Å². The fourth-order valence-corrected chi connectivity index (χ4v) is 2.71. The van der Waals surface area contributed by atoms with Crippen LogP contribution >= 0.6 is 0 Å². The van der Waals surface area contributed by atoms with Gasteiger partial charge in [0.15, 0.2) is 0 Å². The second-order valence-corrected chi connectivity index (χ2v) is 6.13. The molecule has 0 unspecified atom stereocenters. The average molecular weight is 291 g/mol. The largest absolute Gasteiger partial charge is 0.354 e. The molecule has 1 aromatic rings. The SMILES string of the molecule is CC(C)c1cc(N2CCN(CCCCCN)CC2)ncn1. The average Bonchev–Trinajstić information content (AvgIpc) is 2.52. The number of hydrogen-bond acceptors (Lipinski definition) is 5. The van der Waals surface area contributed by atoms with Gasteiger partial charge in [-0.05, 0) is 31.8 Å². The third-order valence-corrected chi connectivity index (χ3v) is 4.14. The van der Waals surface area contributed by atoms with Crippen LogP contribution < -0.4 is 10.6 Å². The van der Waals surface area contributed by atoms with Gasteiger partial charge in [-0.25, -0.2) is 9.97 Å². The molecular weight excluding hydrogens is 262 g/mol. The van der Waals surface area contributed by atoms with E-state index in [1.165, 1.54) is 19.4 Å². The second-order valence-electron chi connectivity index (χ2n) is 6.13. The first-order valence-corrected chi connectivity index (χ1v) is 8.20. The zero-order valence-corrected chi connectivity index (χ0v) is 13.5. The lowest BCUT2D eigenvalue weighted by Crippen LogP contribution is -2.47. The molecule has 1 fully saturated rings. The van der Waals surface area contributed by atoms with Gasteiger partial charge in [-0.3, -0.25) is 4.90 Å². The quantitative estimate of drug-likeness (QED) is 0.777. The number of anilines is 1. The summed E-state index contributed by atoms with van der Waals surface area (Å²) in [7, 11) is 0. The lowest BCUT2D eigenvalue weighted by atomic mass is 10.1. The summed E-state index contributed by atoms with van der Waals surface area (Å²) in [6.07, 6.45) is 5.37. The zero-order valence-electron chi connectivity index (χ0n) is 13.5.